The maximum Gasteiger partial charge on any atom is 0.0256 e. The van der Waals surface area contributed by atoms with Gasteiger partial charge in [-0.25, -0.2) is 0 Å². The van der Waals surface area contributed by atoms with Crippen LogP contribution in [0.15, 0.2) is 24.3 Å². The molecule has 0 radical (unpaired) electrons. The zero-order chi connectivity index (χ0) is 8.97. The minimum absolute atomic E-state index is 0.980. The van der Waals surface area contributed by atoms with Gasteiger partial charge in [0.2, 0.25) is 0 Å². The van der Waals surface area contributed by atoms with Crippen molar-refractivity contribution in [2.24, 2.45) is 0 Å². The van der Waals surface area contributed by atoms with Crippen LogP contribution in [0.5, 0.6) is 0 Å². The van der Waals surface area contributed by atoms with Gasteiger partial charge < -0.3 is 5.41 Å². The lowest BCUT2D eigenvalue weighted by Crippen LogP contribution is -1.86. The molecule has 0 atom stereocenters. The zero-order valence-electron chi connectivity index (χ0n) is 7.46. The van der Waals surface area contributed by atoms with Crippen molar-refractivity contribution in [3.63, 3.8) is 0 Å². The highest BCUT2D eigenvalue weighted by molar-refractivity contribution is 5.83. The first-order chi connectivity index (χ1) is 5.77. The molecule has 0 saturated heterocycles. The third kappa shape index (κ3) is 1.82. The Hall–Kier alpha value is -1.37. The van der Waals surface area contributed by atoms with Crippen molar-refractivity contribution >= 4 is 12.3 Å². The standard InChI is InChI=1S/C11H13N/c1-3-4-10-6-5-9(2)7-11(10)8-12/h3-8,12H,1-2H3/b4-3-,12-8?. The molecule has 0 aromatic heterocycles. The van der Waals surface area contributed by atoms with Crippen LogP contribution < -0.4 is 0 Å². The van der Waals surface area contributed by atoms with E-state index in [1.165, 1.54) is 11.8 Å². The Kier molecular flexibility index (Phi) is 2.81. The molecule has 0 bridgehead atoms. The molecule has 0 fully saturated rings. The summed E-state index contributed by atoms with van der Waals surface area (Å²) in [6.45, 7) is 4.01. The molecular formula is C11H13N. The Morgan fingerprint density at radius 2 is 2.00 bits per heavy atom. The highest BCUT2D eigenvalue weighted by Crippen LogP contribution is 2.11. The van der Waals surface area contributed by atoms with Gasteiger partial charge in [-0.3, -0.25) is 0 Å². The minimum Gasteiger partial charge on any atom is -0.308 e. The summed E-state index contributed by atoms with van der Waals surface area (Å²) in [5.74, 6) is 0. The predicted octanol–water partition coefficient (Wildman–Crippen LogP) is 3.03. The van der Waals surface area contributed by atoms with Crippen LogP contribution in [0, 0.1) is 12.3 Å². The summed E-state index contributed by atoms with van der Waals surface area (Å²) >= 11 is 0. The minimum atomic E-state index is 0.980. The topological polar surface area (TPSA) is 23.9 Å². The van der Waals surface area contributed by atoms with Gasteiger partial charge in [0.1, 0.15) is 0 Å². The number of benzene rings is 1. The van der Waals surface area contributed by atoms with Gasteiger partial charge in [0.15, 0.2) is 0 Å². The Balaban J connectivity index is 3.19. The van der Waals surface area contributed by atoms with Crippen molar-refractivity contribution in [2.45, 2.75) is 13.8 Å². The molecule has 0 aliphatic carbocycles. The Morgan fingerprint density at radius 3 is 2.58 bits per heavy atom. The molecule has 1 N–H and O–H groups in total. The molecule has 1 nitrogen and oxygen atoms in total. The number of allylic oxidation sites excluding steroid dienone is 1. The molecule has 0 amide bonds. The van der Waals surface area contributed by atoms with Crippen molar-refractivity contribution in [3.8, 4) is 0 Å². The van der Waals surface area contributed by atoms with E-state index in [9.17, 15) is 0 Å². The lowest BCUT2D eigenvalue weighted by Gasteiger charge is -2.00. The van der Waals surface area contributed by atoms with Crippen LogP contribution in [0.4, 0.5) is 0 Å². The second kappa shape index (κ2) is 3.86. The van der Waals surface area contributed by atoms with Gasteiger partial charge in [0, 0.05) is 6.21 Å². The summed E-state index contributed by atoms with van der Waals surface area (Å²) in [6.07, 6.45) is 5.39. The average molecular weight is 159 g/mol. The van der Waals surface area contributed by atoms with Crippen LogP contribution in [-0.2, 0) is 0 Å². The van der Waals surface area contributed by atoms with Crippen molar-refractivity contribution < 1.29 is 0 Å². The number of aryl methyl sites for hydroxylation is 1. The van der Waals surface area contributed by atoms with Gasteiger partial charge in [0.05, 0.1) is 0 Å². The van der Waals surface area contributed by atoms with E-state index >= 15 is 0 Å². The molecule has 1 aromatic carbocycles. The van der Waals surface area contributed by atoms with E-state index in [0.29, 0.717) is 0 Å². The second-order valence-corrected chi connectivity index (χ2v) is 2.78. The Labute approximate surface area is 73.3 Å². The third-order valence-electron chi connectivity index (χ3n) is 1.74. The molecule has 0 saturated carbocycles. The summed E-state index contributed by atoms with van der Waals surface area (Å²) in [6, 6.07) is 6.11. The van der Waals surface area contributed by atoms with E-state index in [2.05, 4.69) is 6.07 Å². The first kappa shape index (κ1) is 8.72. The zero-order valence-corrected chi connectivity index (χ0v) is 7.46. The van der Waals surface area contributed by atoms with Gasteiger partial charge in [0.25, 0.3) is 0 Å². The highest BCUT2D eigenvalue weighted by atomic mass is 14.3. The highest BCUT2D eigenvalue weighted by Gasteiger charge is 1.95. The molecule has 0 spiro atoms. The summed E-state index contributed by atoms with van der Waals surface area (Å²) in [5.41, 5.74) is 3.29. The fourth-order valence-corrected chi connectivity index (χ4v) is 1.15. The third-order valence-corrected chi connectivity index (χ3v) is 1.74. The normalized spacial score (nSPS) is 10.5. The van der Waals surface area contributed by atoms with Crippen LogP contribution in [0.1, 0.15) is 23.6 Å². The fraction of sp³-hybridized carbons (Fsp3) is 0.182. The molecule has 1 aromatic rings. The number of hydrogen-bond acceptors (Lipinski definition) is 1. The molecule has 0 aliphatic rings. The van der Waals surface area contributed by atoms with Crippen molar-refractivity contribution in [3.05, 3.63) is 41.0 Å². The summed E-state index contributed by atoms with van der Waals surface area (Å²) in [4.78, 5) is 0. The number of nitrogens with one attached hydrogen (secondary N) is 1. The van der Waals surface area contributed by atoms with Gasteiger partial charge in [-0.2, -0.15) is 0 Å². The summed E-state index contributed by atoms with van der Waals surface area (Å²) in [5, 5.41) is 7.20. The Morgan fingerprint density at radius 1 is 1.25 bits per heavy atom. The summed E-state index contributed by atoms with van der Waals surface area (Å²) < 4.78 is 0. The van der Waals surface area contributed by atoms with E-state index in [-0.39, 0.29) is 0 Å². The SMILES string of the molecule is C/C=C\c1ccc(C)cc1C=N. The molecule has 0 unspecified atom stereocenters. The van der Waals surface area contributed by atoms with Gasteiger partial charge in [-0.1, -0.05) is 29.8 Å². The van der Waals surface area contributed by atoms with Crippen LogP contribution in [-0.4, -0.2) is 6.21 Å². The lowest BCUT2D eigenvalue weighted by molar-refractivity contribution is 1.43. The monoisotopic (exact) mass is 159 g/mol. The van der Waals surface area contributed by atoms with E-state index in [1.54, 1.807) is 0 Å². The average Bonchev–Trinajstić information content (AvgIpc) is 2.08. The first-order valence-electron chi connectivity index (χ1n) is 4.01. The second-order valence-electron chi connectivity index (χ2n) is 2.78. The summed E-state index contributed by atoms with van der Waals surface area (Å²) in [7, 11) is 0. The van der Waals surface area contributed by atoms with E-state index in [4.69, 9.17) is 5.41 Å². The van der Waals surface area contributed by atoms with Crippen molar-refractivity contribution in [1.29, 1.82) is 5.41 Å². The van der Waals surface area contributed by atoms with E-state index in [0.717, 1.165) is 11.1 Å². The molecule has 1 heteroatoms. The maximum absolute atomic E-state index is 7.20. The smallest absolute Gasteiger partial charge is 0.0256 e. The maximum atomic E-state index is 7.20. The largest absolute Gasteiger partial charge is 0.308 e. The molecular weight excluding hydrogens is 146 g/mol. The molecule has 1 rings (SSSR count). The number of hydrogen-bond donors (Lipinski definition) is 1. The van der Waals surface area contributed by atoms with Crippen molar-refractivity contribution in [2.75, 3.05) is 0 Å². The van der Waals surface area contributed by atoms with Gasteiger partial charge >= 0.3 is 0 Å². The van der Waals surface area contributed by atoms with Crippen LogP contribution >= 0.6 is 0 Å². The predicted molar refractivity (Wildman–Crippen MR) is 53.8 cm³/mol. The van der Waals surface area contributed by atoms with E-state index < -0.39 is 0 Å². The van der Waals surface area contributed by atoms with Gasteiger partial charge in [-0.15, -0.1) is 0 Å². The van der Waals surface area contributed by atoms with Gasteiger partial charge in [-0.05, 0) is 31.0 Å². The van der Waals surface area contributed by atoms with Crippen LogP contribution in [0.3, 0.4) is 0 Å². The quantitative estimate of drug-likeness (QED) is 0.641. The van der Waals surface area contributed by atoms with Crippen LogP contribution in [0.2, 0.25) is 0 Å². The molecule has 0 heterocycles. The van der Waals surface area contributed by atoms with Crippen LogP contribution in [0.25, 0.3) is 6.08 Å². The Bertz CT molecular complexity index is 311. The molecule has 0 aliphatic heterocycles. The molecule has 12 heavy (non-hydrogen) atoms. The lowest BCUT2D eigenvalue weighted by atomic mass is 10.1. The molecule has 62 valence electrons. The first-order valence-corrected chi connectivity index (χ1v) is 4.01. The van der Waals surface area contributed by atoms with Crippen molar-refractivity contribution in [1.82, 2.24) is 0 Å². The van der Waals surface area contributed by atoms with E-state index in [1.807, 2.05) is 38.1 Å². The fourth-order valence-electron chi connectivity index (χ4n) is 1.15. The number of rotatable bonds is 2.